The monoisotopic (exact) mass is 441 g/mol. The van der Waals surface area contributed by atoms with Gasteiger partial charge in [0.05, 0.1) is 0 Å². The topological polar surface area (TPSA) is 91.1 Å². The molecule has 1 atom stereocenters. The van der Waals surface area contributed by atoms with Crippen molar-refractivity contribution >= 4 is 28.5 Å². The molecule has 32 heavy (non-hydrogen) atoms. The van der Waals surface area contributed by atoms with Gasteiger partial charge in [0.15, 0.2) is 0 Å². The third-order valence-corrected chi connectivity index (χ3v) is 5.81. The van der Waals surface area contributed by atoms with E-state index >= 15 is 0 Å². The number of fused-ring (bicyclic) bond motifs is 1. The predicted octanol–water partition coefficient (Wildman–Crippen LogP) is 4.68. The van der Waals surface area contributed by atoms with E-state index in [2.05, 4.69) is 35.5 Å². The number of para-hydroxylation sites is 1. The van der Waals surface area contributed by atoms with Gasteiger partial charge in [-0.3, -0.25) is 14.4 Å². The average Bonchev–Trinajstić information content (AvgIpc) is 3.19. The number of nitrogens with one attached hydrogen (secondary N) is 3. The highest BCUT2D eigenvalue weighted by atomic mass is 16.2. The maximum Gasteiger partial charge on any atom is 0.242 e. The minimum atomic E-state index is -0.528. The van der Waals surface area contributed by atoms with Crippen LogP contribution in [0.2, 0.25) is 0 Å². The Morgan fingerprint density at radius 1 is 1.00 bits per heavy atom. The first-order chi connectivity index (χ1) is 15.4. The van der Waals surface area contributed by atoms with Crippen molar-refractivity contribution in [3.63, 3.8) is 0 Å². The van der Waals surface area contributed by atoms with Crippen LogP contribution in [-0.4, -0.2) is 35.2 Å². The molecule has 3 N–H and O–H groups in total. The molecule has 0 unspecified atom stereocenters. The summed E-state index contributed by atoms with van der Waals surface area (Å²) in [6.07, 6.45) is 8.24. The number of hydrogen-bond acceptors (Lipinski definition) is 3. The second kappa shape index (κ2) is 13.7. The lowest BCUT2D eigenvalue weighted by atomic mass is 10.0. The Kier molecular flexibility index (Phi) is 11.0. The van der Waals surface area contributed by atoms with E-state index in [1.807, 2.05) is 31.3 Å². The smallest absolute Gasteiger partial charge is 0.242 e. The van der Waals surface area contributed by atoms with Crippen LogP contribution in [0.15, 0.2) is 30.5 Å². The molecule has 2 amide bonds. The number of Topliss-reactive ketones (excluding diaryl/α,β-unsaturated/α-hetero) is 1. The van der Waals surface area contributed by atoms with E-state index in [1.54, 1.807) is 0 Å². The van der Waals surface area contributed by atoms with E-state index in [0.29, 0.717) is 38.1 Å². The normalized spacial score (nSPS) is 12.1. The number of aromatic nitrogens is 1. The van der Waals surface area contributed by atoms with Crippen LogP contribution in [0.25, 0.3) is 10.9 Å². The van der Waals surface area contributed by atoms with Crippen molar-refractivity contribution in [1.82, 2.24) is 15.6 Å². The van der Waals surface area contributed by atoms with E-state index in [1.165, 1.54) is 10.9 Å². The number of carbonyl (C=O) groups is 3. The van der Waals surface area contributed by atoms with Gasteiger partial charge in [0.2, 0.25) is 11.8 Å². The van der Waals surface area contributed by atoms with Crippen molar-refractivity contribution in [2.24, 2.45) is 5.92 Å². The summed E-state index contributed by atoms with van der Waals surface area (Å²) in [7, 11) is 0. The first kappa shape index (κ1) is 25.6. The largest absolute Gasteiger partial charge is 0.361 e. The number of carbonyl (C=O) groups excluding carboxylic acids is 3. The number of hydrogen-bond donors (Lipinski definition) is 3. The maximum atomic E-state index is 12.8. The van der Waals surface area contributed by atoms with Crippen LogP contribution in [0.1, 0.15) is 77.7 Å². The zero-order chi connectivity index (χ0) is 23.3. The average molecular weight is 442 g/mol. The van der Waals surface area contributed by atoms with Gasteiger partial charge in [-0.1, -0.05) is 51.8 Å². The fraction of sp³-hybridized carbons (Fsp3) is 0.577. The first-order valence-corrected chi connectivity index (χ1v) is 12.0. The van der Waals surface area contributed by atoms with E-state index in [-0.39, 0.29) is 17.6 Å². The molecule has 1 aromatic carbocycles. The molecule has 1 aromatic heterocycles. The molecule has 0 aliphatic heterocycles. The summed E-state index contributed by atoms with van der Waals surface area (Å²) in [6, 6.07) is 7.59. The van der Waals surface area contributed by atoms with E-state index in [0.717, 1.165) is 37.6 Å². The Labute approximate surface area is 191 Å². The summed E-state index contributed by atoms with van der Waals surface area (Å²) in [4.78, 5) is 39.9. The summed E-state index contributed by atoms with van der Waals surface area (Å²) in [5.74, 6) is 0.517. The van der Waals surface area contributed by atoms with Gasteiger partial charge in [-0.15, -0.1) is 0 Å². The summed E-state index contributed by atoms with van der Waals surface area (Å²) < 4.78 is 0. The van der Waals surface area contributed by atoms with Crippen molar-refractivity contribution < 1.29 is 14.4 Å². The Bertz CT molecular complexity index is 872. The van der Waals surface area contributed by atoms with E-state index in [4.69, 9.17) is 0 Å². The molecular formula is C26H39N3O3. The molecule has 0 saturated carbocycles. The van der Waals surface area contributed by atoms with Crippen LogP contribution in [0.3, 0.4) is 0 Å². The van der Waals surface area contributed by atoms with Crippen molar-refractivity contribution in [1.29, 1.82) is 0 Å². The molecule has 2 aromatic rings. The fourth-order valence-electron chi connectivity index (χ4n) is 3.76. The fourth-order valence-corrected chi connectivity index (χ4v) is 3.76. The Morgan fingerprint density at radius 2 is 1.78 bits per heavy atom. The molecule has 6 heteroatoms. The lowest BCUT2D eigenvalue weighted by Gasteiger charge is -2.19. The van der Waals surface area contributed by atoms with Gasteiger partial charge in [0.25, 0.3) is 0 Å². The molecule has 0 aliphatic carbocycles. The van der Waals surface area contributed by atoms with Crippen molar-refractivity contribution in [2.45, 2.75) is 84.6 Å². The Hall–Kier alpha value is -2.63. The zero-order valence-corrected chi connectivity index (χ0v) is 19.8. The summed E-state index contributed by atoms with van der Waals surface area (Å²) in [5.41, 5.74) is 2.25. The minimum absolute atomic E-state index is 0.0726. The van der Waals surface area contributed by atoms with Crippen LogP contribution >= 0.6 is 0 Å². The number of benzene rings is 1. The molecule has 0 bridgehead atoms. The molecule has 1 heterocycles. The molecule has 0 fully saturated rings. The van der Waals surface area contributed by atoms with Gasteiger partial charge >= 0.3 is 0 Å². The molecule has 0 radical (unpaired) electrons. The minimum Gasteiger partial charge on any atom is -0.361 e. The van der Waals surface area contributed by atoms with Crippen LogP contribution < -0.4 is 10.6 Å². The summed E-state index contributed by atoms with van der Waals surface area (Å²) >= 11 is 0. The molecule has 0 spiro atoms. The summed E-state index contributed by atoms with van der Waals surface area (Å²) in [6.45, 7) is 6.56. The number of aromatic amines is 1. The molecule has 176 valence electrons. The quantitative estimate of drug-likeness (QED) is 0.351. The molecule has 2 rings (SSSR count). The Balaban J connectivity index is 1.85. The van der Waals surface area contributed by atoms with Gasteiger partial charge in [-0.2, -0.15) is 0 Å². The first-order valence-electron chi connectivity index (χ1n) is 12.0. The van der Waals surface area contributed by atoms with Crippen molar-refractivity contribution in [3.05, 3.63) is 36.0 Å². The number of H-pyrrole nitrogens is 1. The lowest BCUT2D eigenvalue weighted by molar-refractivity contribution is -0.129. The van der Waals surface area contributed by atoms with Crippen LogP contribution in [0, 0.1) is 5.92 Å². The highest BCUT2D eigenvalue weighted by Gasteiger charge is 2.20. The van der Waals surface area contributed by atoms with Gasteiger partial charge in [0.1, 0.15) is 11.8 Å². The number of unbranched alkanes of at least 4 members (excludes halogenated alkanes) is 2. The van der Waals surface area contributed by atoms with Gasteiger partial charge in [-0.05, 0) is 43.2 Å². The van der Waals surface area contributed by atoms with Crippen molar-refractivity contribution in [3.8, 4) is 0 Å². The predicted molar refractivity (Wildman–Crippen MR) is 129 cm³/mol. The van der Waals surface area contributed by atoms with Crippen LogP contribution in [0.4, 0.5) is 0 Å². The highest BCUT2D eigenvalue weighted by molar-refractivity contribution is 5.87. The third-order valence-electron chi connectivity index (χ3n) is 5.81. The molecule has 0 aliphatic rings. The van der Waals surface area contributed by atoms with Gasteiger partial charge in [0, 0.05) is 42.9 Å². The van der Waals surface area contributed by atoms with Crippen LogP contribution in [-0.2, 0) is 20.8 Å². The number of amides is 2. The number of rotatable bonds is 15. The van der Waals surface area contributed by atoms with Gasteiger partial charge < -0.3 is 15.6 Å². The summed E-state index contributed by atoms with van der Waals surface area (Å²) in [5, 5.41) is 7.10. The van der Waals surface area contributed by atoms with Gasteiger partial charge in [-0.25, -0.2) is 0 Å². The second-order valence-corrected chi connectivity index (χ2v) is 8.94. The van der Waals surface area contributed by atoms with Crippen molar-refractivity contribution in [2.75, 3.05) is 6.54 Å². The Morgan fingerprint density at radius 3 is 2.53 bits per heavy atom. The van der Waals surface area contributed by atoms with Crippen LogP contribution in [0.5, 0.6) is 0 Å². The third kappa shape index (κ3) is 8.85. The second-order valence-electron chi connectivity index (χ2n) is 8.94. The van der Waals surface area contributed by atoms with E-state index in [9.17, 15) is 14.4 Å². The lowest BCUT2D eigenvalue weighted by Crippen LogP contribution is -2.47. The standard InChI is InChI=1S/C26H39N3O3/c1-4-21(30)10-6-5-7-13-24(29-25(31)15-14-19(2)3)26(32)27-17-16-20-18-28-23-12-9-8-11-22(20)23/h8-9,11-12,18-19,24,28H,4-7,10,13-17H2,1-3H3,(H,27,32)(H,29,31)/t24-/m0/s1. The SMILES string of the molecule is CCC(=O)CCCCC[C@H](NC(=O)CCC(C)C)C(=O)NCCc1c[nH]c2ccccc12. The maximum absolute atomic E-state index is 12.8. The number of ketones is 1. The highest BCUT2D eigenvalue weighted by Crippen LogP contribution is 2.17. The molecular weight excluding hydrogens is 402 g/mol. The van der Waals surface area contributed by atoms with E-state index < -0.39 is 6.04 Å². The molecule has 0 saturated heterocycles. The molecule has 6 nitrogen and oxygen atoms in total. The zero-order valence-electron chi connectivity index (χ0n) is 19.8.